The van der Waals surface area contributed by atoms with E-state index in [9.17, 15) is 18.9 Å². The molecule has 6 heteroatoms. The van der Waals surface area contributed by atoms with Crippen molar-refractivity contribution in [2.75, 3.05) is 5.32 Å². The monoisotopic (exact) mass is 270 g/mol. The smallest absolute Gasteiger partial charge is 0.327 e. The molecule has 1 aromatic carbocycles. The summed E-state index contributed by atoms with van der Waals surface area (Å²) >= 11 is 0. The van der Waals surface area contributed by atoms with Crippen molar-refractivity contribution in [3.8, 4) is 0 Å². The minimum Gasteiger partial charge on any atom is -0.376 e. The summed E-state index contributed by atoms with van der Waals surface area (Å²) < 4.78 is 26.7. The fourth-order valence-electron chi connectivity index (χ4n) is 2.64. The molecule has 1 aliphatic rings. The molecular formula is C13H16F2N2O2. The summed E-state index contributed by atoms with van der Waals surface area (Å²) in [5.74, 6) is -1.97. The zero-order chi connectivity index (χ0) is 14.2. The first-order valence-corrected chi connectivity index (χ1v) is 6.21. The van der Waals surface area contributed by atoms with Crippen LogP contribution in [0.2, 0.25) is 0 Å². The number of halogens is 2. The van der Waals surface area contributed by atoms with Gasteiger partial charge in [0.05, 0.1) is 4.92 Å². The van der Waals surface area contributed by atoms with Gasteiger partial charge >= 0.3 is 5.69 Å². The first kappa shape index (κ1) is 13.7. The number of rotatable bonds is 3. The maximum Gasteiger partial charge on any atom is 0.327 e. The summed E-state index contributed by atoms with van der Waals surface area (Å²) in [6, 6.07) is 1.49. The van der Waals surface area contributed by atoms with E-state index in [-0.39, 0.29) is 17.1 Å². The van der Waals surface area contributed by atoms with Crippen LogP contribution in [-0.2, 0) is 0 Å². The van der Waals surface area contributed by atoms with Crippen molar-refractivity contribution in [2.24, 2.45) is 5.41 Å². The van der Waals surface area contributed by atoms with Gasteiger partial charge in [-0.25, -0.2) is 4.39 Å². The Morgan fingerprint density at radius 2 is 2.11 bits per heavy atom. The van der Waals surface area contributed by atoms with Crippen LogP contribution in [0.4, 0.5) is 20.2 Å². The summed E-state index contributed by atoms with van der Waals surface area (Å²) in [6.07, 6.45) is 2.81. The Morgan fingerprint density at radius 1 is 1.42 bits per heavy atom. The topological polar surface area (TPSA) is 55.2 Å². The number of hydrogen-bond donors (Lipinski definition) is 1. The summed E-state index contributed by atoms with van der Waals surface area (Å²) in [6.45, 7) is 4.08. The molecule has 0 radical (unpaired) electrons. The molecule has 1 saturated carbocycles. The van der Waals surface area contributed by atoms with Crippen LogP contribution in [-0.4, -0.2) is 11.0 Å². The van der Waals surface area contributed by atoms with Crippen molar-refractivity contribution in [2.45, 2.75) is 39.2 Å². The number of nitrogens with zero attached hydrogens (tertiary/aromatic N) is 1. The average molecular weight is 270 g/mol. The molecule has 0 aliphatic heterocycles. The van der Waals surface area contributed by atoms with E-state index in [0.717, 1.165) is 25.3 Å². The minimum absolute atomic E-state index is 0.0209. The van der Waals surface area contributed by atoms with Gasteiger partial charge in [-0.15, -0.1) is 0 Å². The highest BCUT2D eigenvalue weighted by atomic mass is 19.1. The molecule has 0 saturated heterocycles. The second-order valence-electron chi connectivity index (χ2n) is 5.62. The van der Waals surface area contributed by atoms with Gasteiger partial charge in [0.25, 0.3) is 0 Å². The van der Waals surface area contributed by atoms with E-state index in [1.54, 1.807) is 0 Å². The standard InChI is InChI=1S/C13H16F2N2O2/c1-13(2)5-3-4-11(13)16-10-7-8(14)6-9(15)12(10)17(18)19/h6-7,11,16H,3-5H2,1-2H3. The molecule has 1 aromatic rings. The highest BCUT2D eigenvalue weighted by Crippen LogP contribution is 2.40. The van der Waals surface area contributed by atoms with Gasteiger partial charge in [0.15, 0.2) is 0 Å². The van der Waals surface area contributed by atoms with Crippen LogP contribution < -0.4 is 5.32 Å². The molecule has 104 valence electrons. The Balaban J connectivity index is 2.37. The lowest BCUT2D eigenvalue weighted by molar-refractivity contribution is -0.386. The molecule has 1 unspecified atom stereocenters. The lowest BCUT2D eigenvalue weighted by Crippen LogP contribution is -2.31. The van der Waals surface area contributed by atoms with Crippen LogP contribution in [0.15, 0.2) is 12.1 Å². The Bertz CT molecular complexity index is 518. The Morgan fingerprint density at radius 3 is 2.63 bits per heavy atom. The van der Waals surface area contributed by atoms with Gasteiger partial charge in [0.2, 0.25) is 5.82 Å². The molecule has 1 aliphatic carbocycles. The van der Waals surface area contributed by atoms with Crippen molar-refractivity contribution in [1.82, 2.24) is 0 Å². The van der Waals surface area contributed by atoms with Crippen LogP contribution in [0, 0.1) is 27.2 Å². The molecule has 2 rings (SSSR count). The third-order valence-electron chi connectivity index (χ3n) is 3.80. The second kappa shape index (κ2) is 4.75. The number of nitro benzene ring substituents is 1. The molecule has 0 spiro atoms. The summed E-state index contributed by atoms with van der Waals surface area (Å²) in [5.41, 5.74) is -0.817. The van der Waals surface area contributed by atoms with Crippen molar-refractivity contribution < 1.29 is 13.7 Å². The van der Waals surface area contributed by atoms with E-state index < -0.39 is 22.2 Å². The fraction of sp³-hybridized carbons (Fsp3) is 0.538. The number of benzene rings is 1. The zero-order valence-corrected chi connectivity index (χ0v) is 10.9. The van der Waals surface area contributed by atoms with Crippen molar-refractivity contribution in [1.29, 1.82) is 0 Å². The molecule has 0 amide bonds. The second-order valence-corrected chi connectivity index (χ2v) is 5.62. The maximum absolute atomic E-state index is 13.5. The summed E-state index contributed by atoms with van der Waals surface area (Å²) in [5, 5.41) is 13.8. The normalized spacial score (nSPS) is 21.4. The number of anilines is 1. The first-order valence-electron chi connectivity index (χ1n) is 6.21. The predicted molar refractivity (Wildman–Crippen MR) is 68.1 cm³/mol. The Hall–Kier alpha value is -1.72. The van der Waals surface area contributed by atoms with E-state index in [4.69, 9.17) is 0 Å². The van der Waals surface area contributed by atoms with Gasteiger partial charge in [-0.05, 0) is 18.3 Å². The SMILES string of the molecule is CC1(C)CCCC1Nc1cc(F)cc(F)c1[N+](=O)[O-]. The fourth-order valence-corrected chi connectivity index (χ4v) is 2.64. The molecule has 0 aromatic heterocycles. The van der Waals surface area contributed by atoms with Gasteiger partial charge in [-0.2, -0.15) is 4.39 Å². The van der Waals surface area contributed by atoms with E-state index in [1.807, 2.05) is 13.8 Å². The molecule has 0 bridgehead atoms. The lowest BCUT2D eigenvalue weighted by Gasteiger charge is -2.28. The summed E-state index contributed by atoms with van der Waals surface area (Å²) in [4.78, 5) is 10.1. The number of nitrogens with one attached hydrogen (secondary N) is 1. The predicted octanol–water partition coefficient (Wildman–Crippen LogP) is 3.86. The summed E-state index contributed by atoms with van der Waals surface area (Å²) in [7, 11) is 0. The van der Waals surface area contributed by atoms with Crippen LogP contribution >= 0.6 is 0 Å². The van der Waals surface area contributed by atoms with Gasteiger partial charge in [0.1, 0.15) is 11.5 Å². The highest BCUT2D eigenvalue weighted by Gasteiger charge is 2.36. The van der Waals surface area contributed by atoms with E-state index >= 15 is 0 Å². The zero-order valence-electron chi connectivity index (χ0n) is 10.9. The first-order chi connectivity index (χ1) is 8.81. The molecule has 19 heavy (non-hydrogen) atoms. The lowest BCUT2D eigenvalue weighted by atomic mass is 9.87. The van der Waals surface area contributed by atoms with Crippen molar-refractivity contribution in [3.63, 3.8) is 0 Å². The van der Waals surface area contributed by atoms with E-state index in [1.165, 1.54) is 0 Å². The Kier molecular flexibility index (Phi) is 3.43. The third-order valence-corrected chi connectivity index (χ3v) is 3.80. The molecule has 1 fully saturated rings. The highest BCUT2D eigenvalue weighted by molar-refractivity contribution is 5.63. The van der Waals surface area contributed by atoms with Crippen molar-refractivity contribution >= 4 is 11.4 Å². The Labute approximate surface area is 110 Å². The van der Waals surface area contributed by atoms with Gasteiger partial charge in [-0.3, -0.25) is 10.1 Å². The molecular weight excluding hydrogens is 254 g/mol. The van der Waals surface area contributed by atoms with Crippen LogP contribution in [0.1, 0.15) is 33.1 Å². The van der Waals surface area contributed by atoms with Crippen molar-refractivity contribution in [3.05, 3.63) is 33.9 Å². The number of nitro groups is 1. The van der Waals surface area contributed by atoms with Gasteiger partial charge < -0.3 is 5.32 Å². The molecule has 1 N–H and O–H groups in total. The average Bonchev–Trinajstić information content (AvgIpc) is 2.56. The van der Waals surface area contributed by atoms with Gasteiger partial charge in [0, 0.05) is 18.2 Å². The van der Waals surface area contributed by atoms with Crippen LogP contribution in [0.5, 0.6) is 0 Å². The van der Waals surface area contributed by atoms with Crippen LogP contribution in [0.25, 0.3) is 0 Å². The van der Waals surface area contributed by atoms with E-state index in [2.05, 4.69) is 5.32 Å². The largest absolute Gasteiger partial charge is 0.376 e. The molecule has 0 heterocycles. The molecule has 1 atom stereocenters. The van der Waals surface area contributed by atoms with E-state index in [0.29, 0.717) is 6.07 Å². The third kappa shape index (κ3) is 2.67. The van der Waals surface area contributed by atoms with Gasteiger partial charge in [-0.1, -0.05) is 20.3 Å². The van der Waals surface area contributed by atoms with Crippen LogP contribution in [0.3, 0.4) is 0 Å². The molecule has 4 nitrogen and oxygen atoms in total. The maximum atomic E-state index is 13.5. The quantitative estimate of drug-likeness (QED) is 0.670. The minimum atomic E-state index is -1.15. The number of hydrogen-bond acceptors (Lipinski definition) is 3.